The van der Waals surface area contributed by atoms with Crippen molar-refractivity contribution in [3.05, 3.63) is 170 Å². The molecule has 8 aromatic carbocycles. The van der Waals surface area contributed by atoms with Gasteiger partial charge in [0.05, 0.1) is 16.7 Å². The molecule has 0 saturated heterocycles. The Morgan fingerprint density at radius 2 is 0.920 bits per heavy atom. The van der Waals surface area contributed by atoms with Crippen molar-refractivity contribution in [2.45, 2.75) is 0 Å². The van der Waals surface area contributed by atoms with Crippen LogP contribution >= 0.6 is 0 Å². The van der Waals surface area contributed by atoms with Gasteiger partial charge in [0.2, 0.25) is 0 Å². The summed E-state index contributed by atoms with van der Waals surface area (Å²) in [6.45, 7) is 0. The number of furan rings is 2. The van der Waals surface area contributed by atoms with Gasteiger partial charge in [-0.3, -0.25) is 0 Å². The van der Waals surface area contributed by atoms with E-state index < -0.39 is 0 Å². The zero-order valence-corrected chi connectivity index (χ0v) is 26.9. The number of para-hydroxylation sites is 4. The number of benzene rings is 8. The Morgan fingerprint density at radius 3 is 1.74 bits per heavy atom. The van der Waals surface area contributed by atoms with Crippen molar-refractivity contribution < 1.29 is 8.83 Å². The molecule has 0 N–H and O–H groups in total. The maximum Gasteiger partial charge on any atom is 0.138 e. The summed E-state index contributed by atoms with van der Waals surface area (Å²) in [5, 5.41) is 9.19. The highest BCUT2D eigenvalue weighted by molar-refractivity contribution is 6.23. The van der Waals surface area contributed by atoms with Crippen LogP contribution in [0.5, 0.6) is 0 Å². The molecule has 0 atom stereocenters. The van der Waals surface area contributed by atoms with E-state index in [2.05, 4.69) is 155 Å². The van der Waals surface area contributed by atoms with Crippen LogP contribution in [0.3, 0.4) is 0 Å². The van der Waals surface area contributed by atoms with Gasteiger partial charge < -0.3 is 18.3 Å². The van der Waals surface area contributed by atoms with Crippen LogP contribution in [0.4, 0.5) is 17.1 Å². The molecule has 4 nitrogen and oxygen atoms in total. The van der Waals surface area contributed by atoms with Crippen LogP contribution in [-0.4, -0.2) is 4.57 Å². The summed E-state index contributed by atoms with van der Waals surface area (Å²) >= 11 is 0. The molecule has 0 aliphatic carbocycles. The molecule has 0 fully saturated rings. The van der Waals surface area contributed by atoms with Gasteiger partial charge in [-0.05, 0) is 60.0 Å². The molecule has 3 aromatic heterocycles. The number of aromatic nitrogens is 1. The molecule has 0 radical (unpaired) electrons. The van der Waals surface area contributed by atoms with E-state index in [1.54, 1.807) is 0 Å². The molecular formula is C46H28N2O2. The van der Waals surface area contributed by atoms with Crippen LogP contribution in [-0.2, 0) is 0 Å². The van der Waals surface area contributed by atoms with Gasteiger partial charge in [0.25, 0.3) is 0 Å². The lowest BCUT2D eigenvalue weighted by Crippen LogP contribution is -2.10. The highest BCUT2D eigenvalue weighted by Crippen LogP contribution is 2.46. The van der Waals surface area contributed by atoms with E-state index in [9.17, 15) is 0 Å². The van der Waals surface area contributed by atoms with E-state index in [-0.39, 0.29) is 0 Å². The summed E-state index contributed by atoms with van der Waals surface area (Å²) in [6.07, 6.45) is 0. The minimum absolute atomic E-state index is 0.849. The Labute approximate surface area is 286 Å². The summed E-state index contributed by atoms with van der Waals surface area (Å²) in [5.74, 6) is 0. The van der Waals surface area contributed by atoms with E-state index in [4.69, 9.17) is 8.83 Å². The van der Waals surface area contributed by atoms with Crippen molar-refractivity contribution in [1.29, 1.82) is 0 Å². The second-order valence-corrected chi connectivity index (χ2v) is 12.9. The van der Waals surface area contributed by atoms with Gasteiger partial charge in [-0.25, -0.2) is 0 Å². The first-order valence-electron chi connectivity index (χ1n) is 16.9. The van der Waals surface area contributed by atoms with E-state index in [1.807, 2.05) is 24.3 Å². The van der Waals surface area contributed by atoms with Crippen LogP contribution in [0.2, 0.25) is 0 Å². The average molecular weight is 641 g/mol. The zero-order chi connectivity index (χ0) is 32.8. The minimum atomic E-state index is 0.849. The van der Waals surface area contributed by atoms with Gasteiger partial charge in [-0.15, -0.1) is 0 Å². The van der Waals surface area contributed by atoms with Crippen LogP contribution in [0.25, 0.3) is 82.1 Å². The predicted octanol–water partition coefficient (Wildman–Crippen LogP) is 13.2. The van der Waals surface area contributed by atoms with Crippen LogP contribution < -0.4 is 4.90 Å². The fourth-order valence-electron chi connectivity index (χ4n) is 7.99. The van der Waals surface area contributed by atoms with Gasteiger partial charge in [-0.2, -0.15) is 0 Å². The minimum Gasteiger partial charge on any atom is -0.456 e. The predicted molar refractivity (Wildman–Crippen MR) is 208 cm³/mol. The maximum atomic E-state index is 6.57. The van der Waals surface area contributed by atoms with Crippen molar-refractivity contribution in [2.75, 3.05) is 4.90 Å². The Kier molecular flexibility index (Phi) is 5.63. The third-order valence-electron chi connectivity index (χ3n) is 10.2. The highest BCUT2D eigenvalue weighted by atomic mass is 16.3. The molecule has 11 rings (SSSR count). The molecular weight excluding hydrogens is 613 g/mol. The Bertz CT molecular complexity index is 3110. The third-order valence-corrected chi connectivity index (χ3v) is 10.2. The number of anilines is 3. The first-order chi connectivity index (χ1) is 24.8. The number of nitrogens with zero attached hydrogens (tertiary/aromatic N) is 2. The molecule has 4 heteroatoms. The fourth-order valence-corrected chi connectivity index (χ4v) is 7.99. The highest BCUT2D eigenvalue weighted by Gasteiger charge is 2.23. The van der Waals surface area contributed by atoms with Gasteiger partial charge in [0, 0.05) is 66.9 Å². The Balaban J connectivity index is 1.24. The van der Waals surface area contributed by atoms with E-state index in [0.29, 0.717) is 0 Å². The molecule has 3 heterocycles. The zero-order valence-electron chi connectivity index (χ0n) is 26.9. The largest absolute Gasteiger partial charge is 0.456 e. The van der Waals surface area contributed by atoms with Crippen LogP contribution in [0, 0.1) is 0 Å². The Morgan fingerprint density at radius 1 is 0.360 bits per heavy atom. The molecule has 50 heavy (non-hydrogen) atoms. The van der Waals surface area contributed by atoms with Crippen molar-refractivity contribution in [2.24, 2.45) is 0 Å². The second kappa shape index (κ2) is 10.4. The lowest BCUT2D eigenvalue weighted by molar-refractivity contribution is 0.669. The summed E-state index contributed by atoms with van der Waals surface area (Å²) < 4.78 is 15.4. The van der Waals surface area contributed by atoms with Gasteiger partial charge in [-0.1, -0.05) is 103 Å². The quantitative estimate of drug-likeness (QED) is 0.192. The first kappa shape index (κ1) is 27.2. The van der Waals surface area contributed by atoms with Crippen molar-refractivity contribution in [1.82, 2.24) is 4.57 Å². The van der Waals surface area contributed by atoms with Crippen molar-refractivity contribution >= 4 is 93.5 Å². The van der Waals surface area contributed by atoms with E-state index in [0.717, 1.165) is 82.9 Å². The lowest BCUT2D eigenvalue weighted by atomic mass is 10.0. The molecule has 234 valence electrons. The first-order valence-corrected chi connectivity index (χ1v) is 16.9. The number of fused-ring (bicyclic) bond motifs is 11. The summed E-state index contributed by atoms with van der Waals surface area (Å²) in [4.78, 5) is 2.36. The lowest BCUT2D eigenvalue weighted by Gasteiger charge is -2.27. The maximum absolute atomic E-state index is 6.57. The fraction of sp³-hybridized carbons (Fsp3) is 0. The monoisotopic (exact) mass is 640 g/mol. The average Bonchev–Trinajstić information content (AvgIpc) is 3.84. The topological polar surface area (TPSA) is 34.5 Å². The van der Waals surface area contributed by atoms with E-state index in [1.165, 1.54) is 16.3 Å². The normalized spacial score (nSPS) is 12.0. The molecule has 0 saturated carbocycles. The van der Waals surface area contributed by atoms with Gasteiger partial charge in [0.1, 0.15) is 22.3 Å². The molecule has 0 bridgehead atoms. The molecule has 11 aromatic rings. The van der Waals surface area contributed by atoms with Crippen molar-refractivity contribution in [3.63, 3.8) is 0 Å². The van der Waals surface area contributed by atoms with Gasteiger partial charge >= 0.3 is 0 Å². The van der Waals surface area contributed by atoms with Crippen LogP contribution in [0.15, 0.2) is 179 Å². The smallest absolute Gasteiger partial charge is 0.138 e. The van der Waals surface area contributed by atoms with Crippen molar-refractivity contribution in [3.8, 4) is 5.69 Å². The van der Waals surface area contributed by atoms with Crippen LogP contribution in [0.1, 0.15) is 0 Å². The van der Waals surface area contributed by atoms with E-state index >= 15 is 0 Å². The Hall–Kier alpha value is -6.78. The number of hydrogen-bond donors (Lipinski definition) is 0. The molecule has 0 spiro atoms. The third kappa shape index (κ3) is 3.87. The summed E-state index contributed by atoms with van der Waals surface area (Å²) in [5.41, 5.74) is 9.98. The standard InChI is InChI=1S/C46H28N2O2/c1-2-12-29(13-3-1)48-39-19-9-6-14-32(39)34-24-22-30(26-40(34)48)47(31-23-25-36-35-16-7-10-20-42(35)49-44(36)27-31)41-28-45-46(37-17-5-4-15-33(37)41)38-18-8-11-21-43(38)50-45/h1-28H. The summed E-state index contributed by atoms with van der Waals surface area (Å²) in [7, 11) is 0. The molecule has 0 unspecified atom stereocenters. The SMILES string of the molecule is c1ccc(-n2c3ccccc3c3ccc(N(c4ccc5c(c4)oc4ccccc45)c4cc5oc6ccccc6c5c5ccccc45)cc32)cc1. The number of rotatable bonds is 4. The summed E-state index contributed by atoms with van der Waals surface area (Å²) in [6, 6.07) is 60.1. The number of hydrogen-bond acceptors (Lipinski definition) is 3. The molecule has 0 amide bonds. The molecule has 0 aliphatic heterocycles. The second-order valence-electron chi connectivity index (χ2n) is 12.9. The van der Waals surface area contributed by atoms with Gasteiger partial charge in [0.15, 0.2) is 0 Å². The molecule has 0 aliphatic rings.